The zero-order chi connectivity index (χ0) is 18.5. The number of rotatable bonds is 6. The number of hydrogen-bond acceptors (Lipinski definition) is 4. The number of nitrogens with one attached hydrogen (secondary N) is 1. The van der Waals surface area contributed by atoms with E-state index in [-0.39, 0.29) is 6.42 Å². The van der Waals surface area contributed by atoms with Crippen molar-refractivity contribution in [2.24, 2.45) is 5.73 Å². The highest BCUT2D eigenvalue weighted by Gasteiger charge is 2.20. The minimum atomic E-state index is -0.832. The topological polar surface area (TPSA) is 94.3 Å². The molecule has 0 fully saturated rings. The van der Waals surface area contributed by atoms with Gasteiger partial charge in [0.05, 0.1) is 18.2 Å². The molecule has 0 saturated carbocycles. The SMILES string of the molecule is COc1cccc(C[C@H](NC(=O)c2cnc3ccccc3c2)C(N)=O)c1. The highest BCUT2D eigenvalue weighted by atomic mass is 16.5. The summed E-state index contributed by atoms with van der Waals surface area (Å²) < 4.78 is 5.18. The normalized spacial score (nSPS) is 11.7. The fourth-order valence-corrected chi connectivity index (χ4v) is 2.69. The van der Waals surface area contributed by atoms with Crippen LogP contribution in [-0.4, -0.2) is 29.9 Å². The molecule has 3 rings (SSSR count). The number of fused-ring (bicyclic) bond motifs is 1. The van der Waals surface area contributed by atoms with Gasteiger partial charge < -0.3 is 15.8 Å². The molecule has 0 aliphatic carbocycles. The number of carbonyl (C=O) groups is 2. The van der Waals surface area contributed by atoms with Gasteiger partial charge in [-0.1, -0.05) is 30.3 Å². The highest BCUT2D eigenvalue weighted by Crippen LogP contribution is 2.15. The Labute approximate surface area is 151 Å². The van der Waals surface area contributed by atoms with Crippen LogP contribution in [0.1, 0.15) is 15.9 Å². The number of carbonyl (C=O) groups excluding carboxylic acids is 2. The minimum absolute atomic E-state index is 0.277. The summed E-state index contributed by atoms with van der Waals surface area (Å²) in [6, 6.07) is 15.7. The third-order valence-electron chi connectivity index (χ3n) is 4.08. The minimum Gasteiger partial charge on any atom is -0.497 e. The number of hydrogen-bond donors (Lipinski definition) is 2. The quantitative estimate of drug-likeness (QED) is 0.712. The van der Waals surface area contributed by atoms with Crippen LogP contribution in [0.3, 0.4) is 0 Å². The van der Waals surface area contributed by atoms with Gasteiger partial charge >= 0.3 is 0 Å². The first-order chi connectivity index (χ1) is 12.6. The molecule has 2 amide bonds. The van der Waals surface area contributed by atoms with E-state index < -0.39 is 17.9 Å². The van der Waals surface area contributed by atoms with Crippen molar-refractivity contribution in [2.75, 3.05) is 7.11 Å². The van der Waals surface area contributed by atoms with Gasteiger partial charge in [0.2, 0.25) is 5.91 Å². The smallest absolute Gasteiger partial charge is 0.253 e. The number of benzene rings is 2. The van der Waals surface area contributed by atoms with Crippen LogP contribution < -0.4 is 15.8 Å². The summed E-state index contributed by atoms with van der Waals surface area (Å²) in [5.41, 5.74) is 7.48. The number of pyridine rings is 1. The van der Waals surface area contributed by atoms with Crippen LogP contribution in [0.15, 0.2) is 60.8 Å². The summed E-state index contributed by atoms with van der Waals surface area (Å²) in [6.45, 7) is 0. The Balaban J connectivity index is 1.77. The molecule has 6 nitrogen and oxygen atoms in total. The van der Waals surface area contributed by atoms with E-state index in [1.165, 1.54) is 6.20 Å². The molecule has 3 N–H and O–H groups in total. The molecular weight excluding hydrogens is 330 g/mol. The standard InChI is InChI=1S/C20H19N3O3/c1-26-16-7-4-5-13(9-16)10-18(19(21)24)23-20(25)15-11-14-6-2-3-8-17(14)22-12-15/h2-9,11-12,18H,10H2,1H3,(H2,21,24)(H,23,25)/t18-/m0/s1. The van der Waals surface area contributed by atoms with Crippen LogP contribution in [0.2, 0.25) is 0 Å². The summed E-state index contributed by atoms with van der Waals surface area (Å²) in [5, 5.41) is 3.54. The lowest BCUT2D eigenvalue weighted by molar-refractivity contribution is -0.119. The van der Waals surface area contributed by atoms with Gasteiger partial charge in [-0.25, -0.2) is 0 Å². The zero-order valence-corrected chi connectivity index (χ0v) is 14.3. The number of nitrogens with two attached hydrogens (primary N) is 1. The van der Waals surface area contributed by atoms with E-state index in [2.05, 4.69) is 10.3 Å². The maximum atomic E-state index is 12.5. The van der Waals surface area contributed by atoms with E-state index in [1.807, 2.05) is 42.5 Å². The van der Waals surface area contributed by atoms with Gasteiger partial charge in [0.25, 0.3) is 5.91 Å². The first-order valence-electron chi connectivity index (χ1n) is 8.14. The summed E-state index contributed by atoms with van der Waals surface area (Å²) in [5.74, 6) is -0.319. The molecule has 0 bridgehead atoms. The number of methoxy groups -OCH3 is 1. The molecule has 1 aromatic heterocycles. The fourth-order valence-electron chi connectivity index (χ4n) is 2.69. The fraction of sp³-hybridized carbons (Fsp3) is 0.150. The Morgan fingerprint density at radius 2 is 1.96 bits per heavy atom. The molecule has 0 aliphatic heterocycles. The predicted molar refractivity (Wildman–Crippen MR) is 98.9 cm³/mol. The van der Waals surface area contributed by atoms with Crippen LogP contribution in [0.5, 0.6) is 5.75 Å². The van der Waals surface area contributed by atoms with Gasteiger partial charge in [-0.15, -0.1) is 0 Å². The Bertz CT molecular complexity index is 956. The van der Waals surface area contributed by atoms with E-state index in [1.54, 1.807) is 19.2 Å². The second-order valence-electron chi connectivity index (χ2n) is 5.90. The third-order valence-corrected chi connectivity index (χ3v) is 4.08. The maximum Gasteiger partial charge on any atom is 0.253 e. The first kappa shape index (κ1) is 17.4. The lowest BCUT2D eigenvalue weighted by Gasteiger charge is -2.16. The molecule has 0 aliphatic rings. The lowest BCUT2D eigenvalue weighted by atomic mass is 10.0. The Morgan fingerprint density at radius 1 is 1.15 bits per heavy atom. The third kappa shape index (κ3) is 3.97. The van der Waals surface area contributed by atoms with Gasteiger partial charge in [0, 0.05) is 18.0 Å². The van der Waals surface area contributed by atoms with Gasteiger partial charge in [-0.3, -0.25) is 14.6 Å². The van der Waals surface area contributed by atoms with Gasteiger partial charge in [0.1, 0.15) is 11.8 Å². The average Bonchev–Trinajstić information content (AvgIpc) is 2.67. The number of aromatic nitrogens is 1. The Morgan fingerprint density at radius 3 is 2.73 bits per heavy atom. The number of amides is 2. The Hall–Kier alpha value is -3.41. The van der Waals surface area contributed by atoms with Gasteiger partial charge in [-0.2, -0.15) is 0 Å². The molecule has 1 heterocycles. The van der Waals surface area contributed by atoms with Gasteiger partial charge in [0.15, 0.2) is 0 Å². The molecule has 1 atom stereocenters. The molecule has 0 spiro atoms. The molecule has 6 heteroatoms. The van der Waals surface area contributed by atoms with E-state index >= 15 is 0 Å². The van der Waals surface area contributed by atoms with Crippen molar-refractivity contribution in [1.29, 1.82) is 0 Å². The monoisotopic (exact) mass is 349 g/mol. The lowest BCUT2D eigenvalue weighted by Crippen LogP contribution is -2.45. The van der Waals surface area contributed by atoms with Crippen molar-refractivity contribution in [1.82, 2.24) is 10.3 Å². The Kier molecular flexibility index (Phi) is 5.12. The van der Waals surface area contributed by atoms with Crippen molar-refractivity contribution >= 4 is 22.7 Å². The van der Waals surface area contributed by atoms with Crippen LogP contribution in [0.4, 0.5) is 0 Å². The van der Waals surface area contributed by atoms with E-state index in [0.29, 0.717) is 11.3 Å². The molecule has 26 heavy (non-hydrogen) atoms. The molecule has 0 saturated heterocycles. The number of primary amides is 1. The van der Waals surface area contributed by atoms with Crippen molar-refractivity contribution in [3.05, 3.63) is 71.9 Å². The summed E-state index contributed by atoms with van der Waals surface area (Å²) in [6.07, 6.45) is 1.76. The van der Waals surface area contributed by atoms with Crippen molar-refractivity contribution in [3.63, 3.8) is 0 Å². The maximum absolute atomic E-state index is 12.5. The average molecular weight is 349 g/mol. The molecule has 0 unspecified atom stereocenters. The number of para-hydroxylation sites is 1. The molecule has 2 aromatic carbocycles. The summed E-state index contributed by atoms with van der Waals surface area (Å²) in [7, 11) is 1.57. The van der Waals surface area contributed by atoms with E-state index in [4.69, 9.17) is 10.5 Å². The van der Waals surface area contributed by atoms with Crippen LogP contribution >= 0.6 is 0 Å². The highest BCUT2D eigenvalue weighted by molar-refractivity contribution is 5.99. The second kappa shape index (κ2) is 7.65. The number of ether oxygens (including phenoxy) is 1. The number of nitrogens with zero attached hydrogens (tertiary/aromatic N) is 1. The van der Waals surface area contributed by atoms with Gasteiger partial charge in [-0.05, 0) is 29.8 Å². The molecular formula is C20H19N3O3. The van der Waals surface area contributed by atoms with Crippen LogP contribution in [0.25, 0.3) is 10.9 Å². The molecule has 3 aromatic rings. The van der Waals surface area contributed by atoms with Crippen molar-refractivity contribution < 1.29 is 14.3 Å². The first-order valence-corrected chi connectivity index (χ1v) is 8.14. The van der Waals surface area contributed by atoms with Crippen LogP contribution in [-0.2, 0) is 11.2 Å². The predicted octanol–water partition coefficient (Wildman–Crippen LogP) is 2.07. The largest absolute Gasteiger partial charge is 0.497 e. The summed E-state index contributed by atoms with van der Waals surface area (Å²) >= 11 is 0. The summed E-state index contributed by atoms with van der Waals surface area (Å²) in [4.78, 5) is 28.6. The zero-order valence-electron chi connectivity index (χ0n) is 14.3. The second-order valence-corrected chi connectivity index (χ2v) is 5.90. The van der Waals surface area contributed by atoms with Crippen molar-refractivity contribution in [3.8, 4) is 5.75 Å². The molecule has 0 radical (unpaired) electrons. The van der Waals surface area contributed by atoms with Crippen LogP contribution in [0, 0.1) is 0 Å². The molecule has 132 valence electrons. The van der Waals surface area contributed by atoms with E-state index in [9.17, 15) is 9.59 Å². The van der Waals surface area contributed by atoms with Crippen molar-refractivity contribution in [2.45, 2.75) is 12.5 Å². The van der Waals surface area contributed by atoms with E-state index in [0.717, 1.165) is 16.5 Å².